The summed E-state index contributed by atoms with van der Waals surface area (Å²) in [4.78, 5) is 10.5. The van der Waals surface area contributed by atoms with Gasteiger partial charge in [0.1, 0.15) is 0 Å². The minimum atomic E-state index is 0.0988. The number of hydrogen-bond acceptors (Lipinski definition) is 4. The molecule has 4 nitrogen and oxygen atoms in total. The average molecular weight is 321 g/mol. The van der Waals surface area contributed by atoms with E-state index < -0.39 is 0 Å². The van der Waals surface area contributed by atoms with Crippen molar-refractivity contribution in [2.75, 3.05) is 24.3 Å². The zero-order valence-corrected chi connectivity index (χ0v) is 12.8. The van der Waals surface area contributed by atoms with Gasteiger partial charge in [-0.1, -0.05) is 15.9 Å². The molecule has 0 radical (unpaired) electrons. The van der Waals surface area contributed by atoms with Crippen LogP contribution in [0.4, 0.5) is 11.4 Å². The SMILES string of the molecule is CC(Nc1cc(Br)ccc1N(C)C)c1cnccn1. The fourth-order valence-corrected chi connectivity index (χ4v) is 2.22. The summed E-state index contributed by atoms with van der Waals surface area (Å²) in [5.41, 5.74) is 3.13. The second kappa shape index (κ2) is 6.02. The molecule has 5 heteroatoms. The second-order valence-electron chi connectivity index (χ2n) is 4.55. The molecule has 0 aliphatic rings. The Hall–Kier alpha value is -1.62. The molecule has 0 fully saturated rings. The average Bonchev–Trinajstić information content (AvgIpc) is 2.39. The topological polar surface area (TPSA) is 41.0 Å². The fourth-order valence-electron chi connectivity index (χ4n) is 1.86. The normalized spacial score (nSPS) is 12.0. The van der Waals surface area contributed by atoms with Gasteiger partial charge in [0.15, 0.2) is 0 Å². The molecule has 0 spiro atoms. The predicted molar refractivity (Wildman–Crippen MR) is 82.5 cm³/mol. The first-order valence-corrected chi connectivity index (χ1v) is 6.86. The largest absolute Gasteiger partial charge is 0.376 e. The van der Waals surface area contributed by atoms with Crippen LogP contribution >= 0.6 is 15.9 Å². The molecule has 0 aliphatic heterocycles. The zero-order valence-electron chi connectivity index (χ0n) is 11.3. The summed E-state index contributed by atoms with van der Waals surface area (Å²) >= 11 is 3.51. The number of halogens is 1. The van der Waals surface area contributed by atoms with Crippen molar-refractivity contribution in [1.29, 1.82) is 0 Å². The van der Waals surface area contributed by atoms with Gasteiger partial charge >= 0.3 is 0 Å². The molecule has 0 bridgehead atoms. The third-order valence-corrected chi connectivity index (χ3v) is 3.33. The summed E-state index contributed by atoms with van der Waals surface area (Å²) in [5.74, 6) is 0. The molecule has 1 unspecified atom stereocenters. The first-order valence-electron chi connectivity index (χ1n) is 6.07. The Kier molecular flexibility index (Phi) is 4.37. The number of rotatable bonds is 4. The zero-order chi connectivity index (χ0) is 13.8. The first-order chi connectivity index (χ1) is 9.08. The van der Waals surface area contributed by atoms with Gasteiger partial charge in [0.05, 0.1) is 29.3 Å². The maximum Gasteiger partial charge on any atom is 0.0806 e. The molecule has 0 amide bonds. The van der Waals surface area contributed by atoms with E-state index >= 15 is 0 Å². The molecule has 2 rings (SSSR count). The van der Waals surface area contributed by atoms with Gasteiger partial charge in [0.25, 0.3) is 0 Å². The maximum absolute atomic E-state index is 4.32. The highest BCUT2D eigenvalue weighted by Gasteiger charge is 2.11. The number of hydrogen-bond donors (Lipinski definition) is 1. The van der Waals surface area contributed by atoms with Gasteiger partial charge in [-0.05, 0) is 25.1 Å². The number of benzene rings is 1. The summed E-state index contributed by atoms with van der Waals surface area (Å²) in [6, 6.07) is 6.28. The number of nitrogens with zero attached hydrogens (tertiary/aromatic N) is 3. The van der Waals surface area contributed by atoms with Crippen LogP contribution < -0.4 is 10.2 Å². The number of aromatic nitrogens is 2. The Morgan fingerprint density at radius 3 is 2.68 bits per heavy atom. The van der Waals surface area contributed by atoms with Crippen molar-refractivity contribution in [2.45, 2.75) is 13.0 Å². The summed E-state index contributed by atoms with van der Waals surface area (Å²) < 4.78 is 1.05. The van der Waals surface area contributed by atoms with Gasteiger partial charge in [-0.3, -0.25) is 9.97 Å². The Balaban J connectivity index is 2.25. The quantitative estimate of drug-likeness (QED) is 0.936. The third-order valence-electron chi connectivity index (χ3n) is 2.84. The van der Waals surface area contributed by atoms with Crippen LogP contribution in [-0.2, 0) is 0 Å². The molecule has 1 aromatic heterocycles. The Morgan fingerprint density at radius 1 is 1.26 bits per heavy atom. The van der Waals surface area contributed by atoms with E-state index in [0.717, 1.165) is 21.5 Å². The number of nitrogens with one attached hydrogen (secondary N) is 1. The highest BCUT2D eigenvalue weighted by atomic mass is 79.9. The Bertz CT molecular complexity index is 542. The molecular weight excluding hydrogens is 304 g/mol. The lowest BCUT2D eigenvalue weighted by atomic mass is 10.2. The van der Waals surface area contributed by atoms with Crippen LogP contribution in [-0.4, -0.2) is 24.1 Å². The summed E-state index contributed by atoms with van der Waals surface area (Å²) in [5, 5.41) is 3.47. The fraction of sp³-hybridized carbons (Fsp3) is 0.286. The third kappa shape index (κ3) is 3.44. The van der Waals surface area contributed by atoms with Gasteiger partial charge in [-0.2, -0.15) is 0 Å². The van der Waals surface area contributed by atoms with Gasteiger partial charge in [-0.25, -0.2) is 0 Å². The first kappa shape index (κ1) is 13.8. The van der Waals surface area contributed by atoms with Crippen LogP contribution in [0, 0.1) is 0 Å². The minimum Gasteiger partial charge on any atom is -0.376 e. The molecule has 0 saturated heterocycles. The molecule has 0 saturated carbocycles. The van der Waals surface area contributed by atoms with E-state index in [-0.39, 0.29) is 6.04 Å². The van der Waals surface area contributed by atoms with E-state index in [4.69, 9.17) is 0 Å². The molecule has 2 aromatic rings. The van der Waals surface area contributed by atoms with Crippen LogP contribution in [0.2, 0.25) is 0 Å². The van der Waals surface area contributed by atoms with E-state index in [1.807, 2.05) is 20.2 Å². The van der Waals surface area contributed by atoms with Crippen LogP contribution in [0.25, 0.3) is 0 Å². The monoisotopic (exact) mass is 320 g/mol. The minimum absolute atomic E-state index is 0.0988. The predicted octanol–water partition coefficient (Wildman–Crippen LogP) is 3.48. The van der Waals surface area contributed by atoms with Crippen molar-refractivity contribution < 1.29 is 0 Å². The van der Waals surface area contributed by atoms with E-state index in [9.17, 15) is 0 Å². The van der Waals surface area contributed by atoms with Crippen molar-refractivity contribution >= 4 is 27.3 Å². The molecule has 1 N–H and O–H groups in total. The molecule has 100 valence electrons. The summed E-state index contributed by atoms with van der Waals surface area (Å²) in [6.45, 7) is 2.07. The lowest BCUT2D eigenvalue weighted by Crippen LogP contribution is -2.14. The van der Waals surface area contributed by atoms with Gasteiger partial charge < -0.3 is 10.2 Å². The highest BCUT2D eigenvalue weighted by molar-refractivity contribution is 9.10. The van der Waals surface area contributed by atoms with Crippen molar-refractivity contribution in [1.82, 2.24) is 9.97 Å². The van der Waals surface area contributed by atoms with Crippen molar-refractivity contribution in [3.05, 3.63) is 47.0 Å². The lowest BCUT2D eigenvalue weighted by molar-refractivity contribution is 0.826. The smallest absolute Gasteiger partial charge is 0.0806 e. The van der Waals surface area contributed by atoms with E-state index in [2.05, 4.69) is 55.2 Å². The maximum atomic E-state index is 4.32. The van der Waals surface area contributed by atoms with Crippen LogP contribution in [0.15, 0.2) is 41.3 Å². The van der Waals surface area contributed by atoms with Crippen LogP contribution in [0.3, 0.4) is 0 Å². The van der Waals surface area contributed by atoms with Gasteiger partial charge in [-0.15, -0.1) is 0 Å². The van der Waals surface area contributed by atoms with E-state index in [0.29, 0.717) is 0 Å². The van der Waals surface area contributed by atoms with Crippen molar-refractivity contribution in [2.24, 2.45) is 0 Å². The Morgan fingerprint density at radius 2 is 2.05 bits per heavy atom. The van der Waals surface area contributed by atoms with E-state index in [1.165, 1.54) is 0 Å². The van der Waals surface area contributed by atoms with Gasteiger partial charge in [0, 0.05) is 31.0 Å². The highest BCUT2D eigenvalue weighted by Crippen LogP contribution is 2.30. The summed E-state index contributed by atoms with van der Waals surface area (Å²) in [6.07, 6.45) is 5.17. The Labute approximate surface area is 122 Å². The molecule has 19 heavy (non-hydrogen) atoms. The lowest BCUT2D eigenvalue weighted by Gasteiger charge is -2.22. The van der Waals surface area contributed by atoms with Gasteiger partial charge in [0.2, 0.25) is 0 Å². The summed E-state index contributed by atoms with van der Waals surface area (Å²) in [7, 11) is 4.06. The molecular formula is C14H17BrN4. The molecule has 0 aliphatic carbocycles. The van der Waals surface area contributed by atoms with Crippen molar-refractivity contribution in [3.8, 4) is 0 Å². The van der Waals surface area contributed by atoms with Crippen LogP contribution in [0.1, 0.15) is 18.7 Å². The molecule has 1 aromatic carbocycles. The molecule has 1 heterocycles. The van der Waals surface area contributed by atoms with Crippen molar-refractivity contribution in [3.63, 3.8) is 0 Å². The number of anilines is 2. The van der Waals surface area contributed by atoms with E-state index in [1.54, 1.807) is 18.6 Å². The standard InChI is InChI=1S/C14H17BrN4/c1-10(13-9-16-6-7-17-13)18-12-8-11(15)4-5-14(12)19(2)3/h4-10,18H,1-3H3. The second-order valence-corrected chi connectivity index (χ2v) is 5.47. The molecule has 1 atom stereocenters. The van der Waals surface area contributed by atoms with Crippen LogP contribution in [0.5, 0.6) is 0 Å².